The number of H-pyrrole nitrogens is 1. The fourth-order valence-electron chi connectivity index (χ4n) is 3.76. The Bertz CT molecular complexity index is 982. The highest BCUT2D eigenvalue weighted by Gasteiger charge is 2.31. The molecular weight excluding hydrogens is 348 g/mol. The molecule has 3 N–H and O–H groups in total. The smallest absolute Gasteiger partial charge is 0.240 e. The van der Waals surface area contributed by atoms with E-state index in [2.05, 4.69) is 28.1 Å². The Labute approximate surface area is 165 Å². The average molecular weight is 371 g/mol. The summed E-state index contributed by atoms with van der Waals surface area (Å²) in [6.45, 7) is 3.65. The van der Waals surface area contributed by atoms with Gasteiger partial charge in [0.25, 0.3) is 0 Å². The van der Waals surface area contributed by atoms with Gasteiger partial charge in [-0.2, -0.15) is 15.8 Å². The van der Waals surface area contributed by atoms with E-state index in [1.54, 1.807) is 0 Å². The molecule has 1 aromatic heterocycles. The van der Waals surface area contributed by atoms with Crippen molar-refractivity contribution >= 4 is 11.6 Å². The summed E-state index contributed by atoms with van der Waals surface area (Å²) in [5.41, 5.74) is 9.24. The summed E-state index contributed by atoms with van der Waals surface area (Å²) in [7, 11) is 0. The van der Waals surface area contributed by atoms with Gasteiger partial charge in [-0.25, -0.2) is 4.98 Å². The molecule has 1 atom stereocenters. The SMILES string of the molecule is Cc1ccc(C[C@@H](C#N)c2c(C#N)c(N)[nH+]c(N3CCCCC3)c2C#N)cc1. The van der Waals surface area contributed by atoms with Gasteiger partial charge in [-0.15, -0.1) is 0 Å². The van der Waals surface area contributed by atoms with E-state index in [4.69, 9.17) is 5.73 Å². The second-order valence-electron chi connectivity index (χ2n) is 7.19. The third-order valence-corrected chi connectivity index (χ3v) is 5.26. The molecule has 0 aliphatic carbocycles. The number of nitrogens with one attached hydrogen (secondary N) is 1. The quantitative estimate of drug-likeness (QED) is 0.887. The monoisotopic (exact) mass is 371 g/mol. The Kier molecular flexibility index (Phi) is 5.78. The van der Waals surface area contributed by atoms with Crippen LogP contribution in [0.15, 0.2) is 24.3 Å². The summed E-state index contributed by atoms with van der Waals surface area (Å²) in [4.78, 5) is 5.16. The normalized spacial score (nSPS) is 14.6. The molecule has 28 heavy (non-hydrogen) atoms. The van der Waals surface area contributed by atoms with E-state index >= 15 is 0 Å². The zero-order valence-corrected chi connectivity index (χ0v) is 16.0. The first-order valence-electron chi connectivity index (χ1n) is 9.48. The first kappa shape index (κ1) is 19.2. The number of rotatable bonds is 4. The van der Waals surface area contributed by atoms with E-state index in [0.29, 0.717) is 23.4 Å². The van der Waals surface area contributed by atoms with Crippen LogP contribution in [-0.4, -0.2) is 13.1 Å². The second kappa shape index (κ2) is 8.42. The van der Waals surface area contributed by atoms with Crippen molar-refractivity contribution < 1.29 is 4.98 Å². The van der Waals surface area contributed by atoms with Gasteiger partial charge in [0.1, 0.15) is 23.3 Å². The number of aromatic amines is 1. The number of aromatic nitrogens is 1. The molecule has 1 aliphatic heterocycles. The van der Waals surface area contributed by atoms with Gasteiger partial charge in [0.15, 0.2) is 0 Å². The lowest BCUT2D eigenvalue weighted by Gasteiger charge is -2.25. The van der Waals surface area contributed by atoms with E-state index < -0.39 is 5.92 Å². The lowest BCUT2D eigenvalue weighted by atomic mass is 9.87. The predicted molar refractivity (Wildman–Crippen MR) is 106 cm³/mol. The number of hydrogen-bond donors (Lipinski definition) is 1. The van der Waals surface area contributed by atoms with E-state index in [0.717, 1.165) is 43.5 Å². The molecule has 6 heteroatoms. The molecule has 0 amide bonds. The third kappa shape index (κ3) is 3.75. The highest BCUT2D eigenvalue weighted by Crippen LogP contribution is 2.33. The molecular formula is C22H23N6+. The molecule has 1 saturated heterocycles. The Morgan fingerprint density at radius 3 is 2.25 bits per heavy atom. The fraction of sp³-hybridized carbons (Fsp3) is 0.364. The number of benzene rings is 1. The zero-order valence-electron chi connectivity index (χ0n) is 16.0. The Morgan fingerprint density at radius 1 is 1.04 bits per heavy atom. The number of anilines is 2. The molecule has 0 bridgehead atoms. The summed E-state index contributed by atoms with van der Waals surface area (Å²) in [6, 6.07) is 14.6. The van der Waals surface area contributed by atoms with Crippen LogP contribution in [0.4, 0.5) is 11.6 Å². The number of nitrogen functional groups attached to an aromatic ring is 1. The summed E-state index contributed by atoms with van der Waals surface area (Å²) in [5, 5.41) is 29.5. The van der Waals surface area contributed by atoms with Gasteiger partial charge in [-0.1, -0.05) is 29.8 Å². The number of nitrogens with two attached hydrogens (primary N) is 1. The maximum absolute atomic E-state index is 9.93. The van der Waals surface area contributed by atoms with Crippen molar-refractivity contribution in [3.8, 4) is 18.2 Å². The van der Waals surface area contributed by atoms with Crippen LogP contribution in [-0.2, 0) is 6.42 Å². The Morgan fingerprint density at radius 2 is 1.68 bits per heavy atom. The maximum atomic E-state index is 9.93. The lowest BCUT2D eigenvalue weighted by Crippen LogP contribution is -2.36. The van der Waals surface area contributed by atoms with Gasteiger partial charge in [-0.05, 0) is 38.2 Å². The van der Waals surface area contributed by atoms with Crippen LogP contribution < -0.4 is 15.6 Å². The molecule has 0 spiro atoms. The molecule has 1 aromatic carbocycles. The number of aryl methyl sites for hydroxylation is 1. The summed E-state index contributed by atoms with van der Waals surface area (Å²) < 4.78 is 0. The molecule has 3 rings (SSSR count). The molecule has 0 radical (unpaired) electrons. The number of nitrogens with zero attached hydrogens (tertiary/aromatic N) is 4. The van der Waals surface area contributed by atoms with Crippen LogP contribution in [0.2, 0.25) is 0 Å². The predicted octanol–water partition coefficient (Wildman–Crippen LogP) is 2.97. The van der Waals surface area contributed by atoms with E-state index in [1.165, 1.54) is 0 Å². The Balaban J connectivity index is 2.12. The van der Waals surface area contributed by atoms with E-state index in [9.17, 15) is 15.8 Å². The summed E-state index contributed by atoms with van der Waals surface area (Å²) in [5.74, 6) is 0.200. The molecule has 0 unspecified atom stereocenters. The zero-order chi connectivity index (χ0) is 20.1. The van der Waals surface area contributed by atoms with E-state index in [1.807, 2.05) is 31.2 Å². The molecule has 140 valence electrons. The first-order chi connectivity index (χ1) is 13.6. The van der Waals surface area contributed by atoms with Crippen molar-refractivity contribution in [1.29, 1.82) is 15.8 Å². The van der Waals surface area contributed by atoms with Gasteiger partial charge < -0.3 is 5.73 Å². The number of hydrogen-bond acceptors (Lipinski definition) is 5. The third-order valence-electron chi connectivity index (χ3n) is 5.26. The van der Waals surface area contributed by atoms with Gasteiger partial charge in [0.05, 0.1) is 25.1 Å². The van der Waals surface area contributed by atoms with Crippen molar-refractivity contribution in [1.82, 2.24) is 0 Å². The first-order valence-corrected chi connectivity index (χ1v) is 9.48. The Hall–Kier alpha value is -3.56. The highest BCUT2D eigenvalue weighted by molar-refractivity contribution is 5.66. The minimum absolute atomic E-state index is 0.191. The van der Waals surface area contributed by atoms with Crippen LogP contribution in [0, 0.1) is 40.9 Å². The van der Waals surface area contributed by atoms with Crippen LogP contribution in [0.3, 0.4) is 0 Å². The fourth-order valence-corrected chi connectivity index (χ4v) is 3.76. The van der Waals surface area contributed by atoms with Gasteiger partial charge in [0.2, 0.25) is 11.6 Å². The van der Waals surface area contributed by atoms with Crippen LogP contribution >= 0.6 is 0 Å². The maximum Gasteiger partial charge on any atom is 0.240 e. The molecule has 1 fully saturated rings. The van der Waals surface area contributed by atoms with Crippen molar-refractivity contribution in [2.75, 3.05) is 23.7 Å². The largest absolute Gasteiger partial charge is 0.318 e. The van der Waals surface area contributed by atoms with Gasteiger partial charge in [-0.3, -0.25) is 4.90 Å². The summed E-state index contributed by atoms with van der Waals surface area (Å²) >= 11 is 0. The standard InChI is InChI=1S/C22H22N6/c1-15-5-7-16(8-6-15)11-17(12-23)20-18(13-24)21(26)27-22(19(20)14-25)28-9-3-2-4-10-28/h5-8,17H,2-4,9-11H2,1H3,(H2,26,27)/p+1/t17-/m0/s1. The molecule has 1 aliphatic rings. The van der Waals surface area contributed by atoms with Crippen molar-refractivity contribution in [2.45, 2.75) is 38.5 Å². The van der Waals surface area contributed by atoms with Crippen molar-refractivity contribution in [3.63, 3.8) is 0 Å². The van der Waals surface area contributed by atoms with Crippen molar-refractivity contribution in [3.05, 3.63) is 52.1 Å². The lowest BCUT2D eigenvalue weighted by molar-refractivity contribution is -0.347. The van der Waals surface area contributed by atoms with E-state index in [-0.39, 0.29) is 11.4 Å². The number of piperidine rings is 1. The topological polar surface area (TPSA) is 115 Å². The average Bonchev–Trinajstić information content (AvgIpc) is 2.73. The van der Waals surface area contributed by atoms with Gasteiger partial charge in [0, 0.05) is 5.56 Å². The highest BCUT2D eigenvalue weighted by atomic mass is 15.2. The minimum Gasteiger partial charge on any atom is -0.318 e. The second-order valence-corrected chi connectivity index (χ2v) is 7.19. The minimum atomic E-state index is -0.632. The van der Waals surface area contributed by atoms with Gasteiger partial charge >= 0.3 is 0 Å². The van der Waals surface area contributed by atoms with Crippen LogP contribution in [0.25, 0.3) is 0 Å². The molecule has 2 heterocycles. The number of pyridine rings is 1. The molecule has 0 saturated carbocycles. The van der Waals surface area contributed by atoms with Crippen LogP contribution in [0.1, 0.15) is 53.0 Å². The molecule has 6 nitrogen and oxygen atoms in total. The van der Waals surface area contributed by atoms with Crippen LogP contribution in [0.5, 0.6) is 0 Å². The molecule has 2 aromatic rings. The summed E-state index contributed by atoms with van der Waals surface area (Å²) in [6.07, 6.45) is 3.66. The van der Waals surface area contributed by atoms with Crippen molar-refractivity contribution in [2.24, 2.45) is 0 Å². The number of nitriles is 3.